The van der Waals surface area contributed by atoms with Crippen molar-refractivity contribution in [3.63, 3.8) is 0 Å². The molecule has 0 aliphatic heterocycles. The molecule has 2 aromatic rings. The van der Waals surface area contributed by atoms with E-state index < -0.39 is 0 Å². The lowest BCUT2D eigenvalue weighted by Crippen LogP contribution is -2.05. The van der Waals surface area contributed by atoms with Crippen LogP contribution in [0.1, 0.15) is 35.3 Å². The van der Waals surface area contributed by atoms with E-state index in [0.717, 1.165) is 5.69 Å². The summed E-state index contributed by atoms with van der Waals surface area (Å²) in [7, 11) is 0. The van der Waals surface area contributed by atoms with Gasteiger partial charge in [0, 0.05) is 12.2 Å². The van der Waals surface area contributed by atoms with Crippen molar-refractivity contribution >= 4 is 28.7 Å². The number of ketones is 1. The molecule has 3 nitrogen and oxygen atoms in total. The highest BCUT2D eigenvalue weighted by atomic mass is 35.5. The summed E-state index contributed by atoms with van der Waals surface area (Å²) in [5, 5.41) is 6.70. The van der Waals surface area contributed by atoms with Crippen molar-refractivity contribution in [2.24, 2.45) is 0 Å². The molecule has 0 fully saturated rings. The van der Waals surface area contributed by atoms with Gasteiger partial charge in [-0.15, -0.1) is 11.3 Å². The van der Waals surface area contributed by atoms with Crippen molar-refractivity contribution < 1.29 is 4.79 Å². The van der Waals surface area contributed by atoms with Crippen LogP contribution in [0, 0.1) is 0 Å². The third-order valence-corrected chi connectivity index (χ3v) is 3.79. The van der Waals surface area contributed by atoms with Gasteiger partial charge >= 0.3 is 0 Å². The summed E-state index contributed by atoms with van der Waals surface area (Å²) in [5.74, 6) is 0.0269. The fourth-order valence-corrected chi connectivity index (χ4v) is 2.60. The number of rotatable bonds is 4. The van der Waals surface area contributed by atoms with Gasteiger partial charge < -0.3 is 0 Å². The number of halogens is 1. The number of aromatic nitrogens is 2. The maximum Gasteiger partial charge on any atom is 0.180 e. The summed E-state index contributed by atoms with van der Waals surface area (Å²) in [6, 6.07) is 3.93. The monoisotopic (exact) mass is 268 g/mol. The summed E-state index contributed by atoms with van der Waals surface area (Å²) >= 11 is 7.29. The van der Waals surface area contributed by atoms with Crippen LogP contribution in [0.3, 0.4) is 0 Å². The summed E-state index contributed by atoms with van der Waals surface area (Å²) in [4.78, 5) is 12.6. The zero-order valence-corrected chi connectivity index (χ0v) is 11.3. The molecule has 2 rings (SSSR count). The van der Waals surface area contributed by atoms with Crippen LogP contribution < -0.4 is 0 Å². The second kappa shape index (κ2) is 5.02. The van der Waals surface area contributed by atoms with Crippen LogP contribution in [0.15, 0.2) is 23.7 Å². The molecule has 0 spiro atoms. The number of hydrogen-bond donors (Lipinski definition) is 0. The third-order valence-electron chi connectivity index (χ3n) is 2.40. The Bertz CT molecular complexity index is 530. The van der Waals surface area contributed by atoms with E-state index in [0.29, 0.717) is 22.4 Å². The quantitative estimate of drug-likeness (QED) is 0.794. The van der Waals surface area contributed by atoms with Crippen molar-refractivity contribution in [2.45, 2.75) is 26.3 Å². The van der Waals surface area contributed by atoms with Gasteiger partial charge in [0.15, 0.2) is 5.78 Å². The number of carbonyl (C=O) groups is 1. The fraction of sp³-hybridized carbons (Fsp3) is 0.333. The molecule has 0 bridgehead atoms. The molecule has 0 aliphatic carbocycles. The Morgan fingerprint density at radius 3 is 2.82 bits per heavy atom. The van der Waals surface area contributed by atoms with Gasteiger partial charge in [-0.1, -0.05) is 11.6 Å². The van der Waals surface area contributed by atoms with E-state index in [2.05, 4.69) is 18.9 Å². The lowest BCUT2D eigenvalue weighted by molar-refractivity contribution is 0.0995. The van der Waals surface area contributed by atoms with Crippen molar-refractivity contribution in [3.8, 4) is 0 Å². The fourth-order valence-electron chi connectivity index (χ4n) is 1.50. The first-order valence-corrected chi connectivity index (χ1v) is 6.64. The van der Waals surface area contributed by atoms with E-state index in [1.807, 2.05) is 22.3 Å². The zero-order valence-electron chi connectivity index (χ0n) is 9.68. The number of Topliss-reactive ketones (excluding diaryl/α,β-unsaturated/α-hetero) is 1. The molecule has 2 heterocycles. The van der Waals surface area contributed by atoms with Crippen LogP contribution >= 0.6 is 22.9 Å². The molecule has 0 aromatic carbocycles. The average Bonchev–Trinajstić information content (AvgIpc) is 2.86. The molecule has 0 aliphatic rings. The van der Waals surface area contributed by atoms with Crippen LogP contribution in [0.2, 0.25) is 5.02 Å². The molecule has 2 aromatic heterocycles. The van der Waals surface area contributed by atoms with E-state index in [1.54, 1.807) is 6.07 Å². The van der Waals surface area contributed by atoms with Gasteiger partial charge in [-0.25, -0.2) is 0 Å². The first kappa shape index (κ1) is 12.3. The molecule has 90 valence electrons. The average molecular weight is 269 g/mol. The number of thiophene rings is 1. The minimum Gasteiger partial charge on any atom is -0.293 e. The molecule has 0 atom stereocenters. The summed E-state index contributed by atoms with van der Waals surface area (Å²) in [6.07, 6.45) is 2.20. The Balaban J connectivity index is 2.11. The van der Waals surface area contributed by atoms with E-state index >= 15 is 0 Å². The number of carbonyl (C=O) groups excluding carboxylic acids is 1. The minimum atomic E-state index is 0.0269. The Hall–Kier alpha value is -1.13. The second-order valence-electron chi connectivity index (χ2n) is 4.08. The normalized spacial score (nSPS) is 11.1. The van der Waals surface area contributed by atoms with Gasteiger partial charge in [0.05, 0.1) is 22.0 Å². The van der Waals surface area contributed by atoms with Crippen LogP contribution in [0.5, 0.6) is 0 Å². The molecule has 0 saturated carbocycles. The van der Waals surface area contributed by atoms with Crippen LogP contribution in [0.4, 0.5) is 0 Å². The Morgan fingerprint density at radius 1 is 1.53 bits per heavy atom. The van der Waals surface area contributed by atoms with Gasteiger partial charge in [-0.3, -0.25) is 9.48 Å². The highest BCUT2D eigenvalue weighted by molar-refractivity contribution is 7.12. The molecular weight excluding hydrogens is 256 g/mol. The van der Waals surface area contributed by atoms with Crippen molar-refractivity contribution in [1.29, 1.82) is 0 Å². The Morgan fingerprint density at radius 2 is 2.29 bits per heavy atom. The van der Waals surface area contributed by atoms with Crippen molar-refractivity contribution in [1.82, 2.24) is 9.78 Å². The highest BCUT2D eigenvalue weighted by Gasteiger charge is 2.14. The molecule has 0 unspecified atom stereocenters. The molecule has 0 N–H and O–H groups in total. The van der Waals surface area contributed by atoms with E-state index in [1.165, 1.54) is 11.3 Å². The topological polar surface area (TPSA) is 34.9 Å². The van der Waals surface area contributed by atoms with E-state index in [9.17, 15) is 4.79 Å². The van der Waals surface area contributed by atoms with Crippen LogP contribution in [-0.2, 0) is 6.42 Å². The maximum absolute atomic E-state index is 12.0. The highest BCUT2D eigenvalue weighted by Crippen LogP contribution is 2.23. The SMILES string of the molecule is CC(C)n1ccc(CC(=O)c2sccc2Cl)n1. The van der Waals surface area contributed by atoms with Gasteiger partial charge in [-0.2, -0.15) is 5.10 Å². The number of hydrogen-bond acceptors (Lipinski definition) is 3. The second-order valence-corrected chi connectivity index (χ2v) is 5.40. The lowest BCUT2D eigenvalue weighted by Gasteiger charge is -2.03. The summed E-state index contributed by atoms with van der Waals surface area (Å²) in [5.41, 5.74) is 0.785. The molecular formula is C12H13ClN2OS. The Kier molecular flexibility index (Phi) is 3.64. The molecule has 0 radical (unpaired) electrons. The van der Waals surface area contributed by atoms with Gasteiger partial charge in [0.2, 0.25) is 0 Å². The standard InChI is InChI=1S/C12H13ClN2OS/c1-8(2)15-5-3-9(14-15)7-11(16)12-10(13)4-6-17-12/h3-6,8H,7H2,1-2H3. The number of nitrogens with zero attached hydrogens (tertiary/aromatic N) is 2. The minimum absolute atomic E-state index is 0.0269. The van der Waals surface area contributed by atoms with Crippen molar-refractivity contribution in [3.05, 3.63) is 39.3 Å². The third kappa shape index (κ3) is 2.76. The Labute approximate surface area is 109 Å². The first-order chi connectivity index (χ1) is 8.08. The van der Waals surface area contributed by atoms with Crippen LogP contribution in [-0.4, -0.2) is 15.6 Å². The van der Waals surface area contributed by atoms with E-state index in [4.69, 9.17) is 11.6 Å². The smallest absolute Gasteiger partial charge is 0.180 e. The van der Waals surface area contributed by atoms with Gasteiger partial charge in [-0.05, 0) is 31.4 Å². The maximum atomic E-state index is 12.0. The lowest BCUT2D eigenvalue weighted by atomic mass is 10.2. The van der Waals surface area contributed by atoms with Crippen LogP contribution in [0.25, 0.3) is 0 Å². The van der Waals surface area contributed by atoms with Crippen molar-refractivity contribution in [2.75, 3.05) is 0 Å². The first-order valence-electron chi connectivity index (χ1n) is 5.38. The largest absolute Gasteiger partial charge is 0.293 e. The predicted molar refractivity (Wildman–Crippen MR) is 70.0 cm³/mol. The summed E-state index contributed by atoms with van der Waals surface area (Å²) < 4.78 is 1.85. The predicted octanol–water partition coefficient (Wildman–Crippen LogP) is 3.60. The van der Waals surface area contributed by atoms with E-state index in [-0.39, 0.29) is 5.78 Å². The molecule has 0 saturated heterocycles. The molecule has 17 heavy (non-hydrogen) atoms. The summed E-state index contributed by atoms with van der Waals surface area (Å²) in [6.45, 7) is 4.10. The van der Waals surface area contributed by atoms with Gasteiger partial charge in [0.1, 0.15) is 0 Å². The zero-order chi connectivity index (χ0) is 12.4. The molecule has 0 amide bonds. The molecule has 5 heteroatoms. The van der Waals surface area contributed by atoms with Gasteiger partial charge in [0.25, 0.3) is 0 Å².